The van der Waals surface area contributed by atoms with E-state index in [1.165, 1.54) is 11.0 Å². The molecule has 66 valence electrons. The molecule has 1 unspecified atom stereocenters. The monoisotopic (exact) mass is 233 g/mol. The van der Waals surface area contributed by atoms with Gasteiger partial charge in [-0.2, -0.15) is 0 Å². The molecule has 0 aromatic heterocycles. The van der Waals surface area contributed by atoms with Crippen molar-refractivity contribution in [1.29, 1.82) is 0 Å². The zero-order valence-corrected chi connectivity index (χ0v) is 7.95. The molecule has 0 spiro atoms. The van der Waals surface area contributed by atoms with Crippen LogP contribution in [0.5, 0.6) is 0 Å². The van der Waals surface area contributed by atoms with E-state index in [4.69, 9.17) is 5.11 Å². The molecule has 1 aliphatic heterocycles. The summed E-state index contributed by atoms with van der Waals surface area (Å²) in [5.41, 5.74) is -0.0353. The van der Waals surface area contributed by atoms with Crippen LogP contribution < -0.4 is 0 Å². The Morgan fingerprint density at radius 1 is 1.75 bits per heavy atom. The Balaban J connectivity index is 2.98. The number of aliphatic hydroxyl groups excluding tert-OH is 1. The molecule has 12 heavy (non-hydrogen) atoms. The summed E-state index contributed by atoms with van der Waals surface area (Å²) in [5.74, 6) is -1.11. The lowest BCUT2D eigenvalue weighted by molar-refractivity contribution is -0.134. The van der Waals surface area contributed by atoms with Gasteiger partial charge in [-0.1, -0.05) is 0 Å². The minimum absolute atomic E-state index is 0.0353. The number of aliphatic hydroxyl groups is 1. The van der Waals surface area contributed by atoms with E-state index in [0.29, 0.717) is 4.48 Å². The molecule has 4 nitrogen and oxygen atoms in total. The molecular formula is C7H8BrNO3. The maximum Gasteiger partial charge on any atom is 0.336 e. The van der Waals surface area contributed by atoms with E-state index in [2.05, 4.69) is 15.9 Å². The van der Waals surface area contributed by atoms with Crippen molar-refractivity contribution in [2.45, 2.75) is 6.23 Å². The van der Waals surface area contributed by atoms with Gasteiger partial charge < -0.3 is 15.1 Å². The summed E-state index contributed by atoms with van der Waals surface area (Å²) in [4.78, 5) is 12.0. The Morgan fingerprint density at radius 3 is 2.83 bits per heavy atom. The molecule has 1 rings (SSSR count). The molecule has 0 amide bonds. The number of hydrogen-bond donors (Lipinski definition) is 2. The van der Waals surface area contributed by atoms with Gasteiger partial charge in [0, 0.05) is 17.7 Å². The highest BCUT2D eigenvalue weighted by molar-refractivity contribution is 9.11. The molecule has 0 aromatic rings. The normalized spacial score (nSPS) is 23.2. The molecule has 0 aromatic carbocycles. The maximum absolute atomic E-state index is 10.6. The molecule has 1 aliphatic rings. The fraction of sp³-hybridized carbons (Fsp3) is 0.286. The van der Waals surface area contributed by atoms with Crippen molar-refractivity contribution in [1.82, 2.24) is 4.90 Å². The molecule has 1 atom stereocenters. The number of carbonyl (C=O) groups is 1. The highest BCUT2D eigenvalue weighted by atomic mass is 79.9. The number of carboxylic acid groups (broad SMARTS) is 1. The van der Waals surface area contributed by atoms with Gasteiger partial charge in [0.25, 0.3) is 0 Å². The predicted molar refractivity (Wildman–Crippen MR) is 46.5 cm³/mol. The van der Waals surface area contributed by atoms with Gasteiger partial charge in [-0.25, -0.2) is 4.79 Å². The summed E-state index contributed by atoms with van der Waals surface area (Å²) >= 11 is 3.13. The first-order valence-corrected chi connectivity index (χ1v) is 4.04. The quantitative estimate of drug-likeness (QED) is 0.693. The summed E-state index contributed by atoms with van der Waals surface area (Å²) < 4.78 is 0.632. The summed E-state index contributed by atoms with van der Waals surface area (Å²) in [7, 11) is 1.60. The molecule has 5 heteroatoms. The number of rotatable bonds is 1. The lowest BCUT2D eigenvalue weighted by atomic mass is 10.1. The average molecular weight is 234 g/mol. The zero-order valence-electron chi connectivity index (χ0n) is 6.36. The molecule has 0 radical (unpaired) electrons. The number of halogens is 1. The average Bonchev–Trinajstić information content (AvgIpc) is 1.96. The third-order valence-corrected chi connectivity index (χ3v) is 1.96. The van der Waals surface area contributed by atoms with Crippen molar-refractivity contribution in [3.63, 3.8) is 0 Å². The molecule has 0 saturated heterocycles. The van der Waals surface area contributed by atoms with E-state index in [1.807, 2.05) is 0 Å². The number of allylic oxidation sites excluding steroid dienone is 2. The Labute approximate surface area is 77.9 Å². The zero-order chi connectivity index (χ0) is 9.30. The second-order valence-electron chi connectivity index (χ2n) is 2.46. The SMILES string of the molecule is CN1C=C(Br)C=C(C(=O)O)C1O. The summed E-state index contributed by atoms with van der Waals surface area (Å²) in [6.45, 7) is 0. The Bertz CT molecular complexity index is 272. The van der Waals surface area contributed by atoms with Gasteiger partial charge in [0.15, 0.2) is 6.23 Å². The number of carboxylic acids is 1. The molecule has 0 saturated carbocycles. The van der Waals surface area contributed by atoms with Crippen LogP contribution in [0.1, 0.15) is 0 Å². The molecular weight excluding hydrogens is 226 g/mol. The Morgan fingerprint density at radius 2 is 2.33 bits per heavy atom. The number of aliphatic carboxylic acids is 1. The third-order valence-electron chi connectivity index (χ3n) is 1.53. The first-order valence-electron chi connectivity index (χ1n) is 3.24. The lowest BCUT2D eigenvalue weighted by Crippen LogP contribution is -2.34. The van der Waals surface area contributed by atoms with Crippen LogP contribution in [-0.4, -0.2) is 34.4 Å². The second kappa shape index (κ2) is 3.28. The van der Waals surface area contributed by atoms with Gasteiger partial charge in [0.1, 0.15) is 0 Å². The summed E-state index contributed by atoms with van der Waals surface area (Å²) in [6, 6.07) is 0. The van der Waals surface area contributed by atoms with Crippen LogP contribution in [0.4, 0.5) is 0 Å². The molecule has 2 N–H and O–H groups in total. The smallest absolute Gasteiger partial charge is 0.336 e. The summed E-state index contributed by atoms with van der Waals surface area (Å²) in [5, 5.41) is 18.0. The maximum atomic E-state index is 10.6. The summed E-state index contributed by atoms with van der Waals surface area (Å²) in [6.07, 6.45) is 1.92. The largest absolute Gasteiger partial charge is 0.478 e. The van der Waals surface area contributed by atoms with E-state index in [1.54, 1.807) is 13.2 Å². The fourth-order valence-corrected chi connectivity index (χ4v) is 1.49. The standard InChI is InChI=1S/C7H8BrNO3/c1-9-3-4(8)2-5(6(9)10)7(11)12/h2-3,6,10H,1H3,(H,11,12). The molecule has 0 fully saturated rings. The van der Waals surface area contributed by atoms with Crippen LogP contribution in [0.25, 0.3) is 0 Å². The van der Waals surface area contributed by atoms with E-state index < -0.39 is 12.2 Å². The van der Waals surface area contributed by atoms with Crippen LogP contribution in [0.3, 0.4) is 0 Å². The van der Waals surface area contributed by atoms with Gasteiger partial charge in [-0.05, 0) is 22.0 Å². The van der Waals surface area contributed by atoms with Gasteiger partial charge >= 0.3 is 5.97 Å². The number of likely N-dealkylation sites (N-methyl/N-ethyl adjacent to an activating group) is 1. The van der Waals surface area contributed by atoms with Gasteiger partial charge in [0.2, 0.25) is 0 Å². The molecule has 0 bridgehead atoms. The van der Waals surface area contributed by atoms with Crippen LogP contribution in [0.15, 0.2) is 22.3 Å². The van der Waals surface area contributed by atoms with E-state index >= 15 is 0 Å². The van der Waals surface area contributed by atoms with Gasteiger partial charge in [0.05, 0.1) is 5.57 Å². The first-order chi connectivity index (χ1) is 5.52. The van der Waals surface area contributed by atoms with E-state index in [-0.39, 0.29) is 5.57 Å². The number of hydrogen-bond acceptors (Lipinski definition) is 3. The molecule has 0 aliphatic carbocycles. The van der Waals surface area contributed by atoms with Gasteiger partial charge in [-0.3, -0.25) is 0 Å². The lowest BCUT2D eigenvalue weighted by Gasteiger charge is -2.25. The highest BCUT2D eigenvalue weighted by Crippen LogP contribution is 2.21. The fourth-order valence-electron chi connectivity index (χ4n) is 0.917. The van der Waals surface area contributed by atoms with Crippen molar-refractivity contribution in [3.05, 3.63) is 22.3 Å². The first kappa shape index (κ1) is 9.28. The van der Waals surface area contributed by atoms with Crippen LogP contribution in [0, 0.1) is 0 Å². The van der Waals surface area contributed by atoms with Gasteiger partial charge in [-0.15, -0.1) is 0 Å². The minimum atomic E-state index is -1.11. The van der Waals surface area contributed by atoms with Crippen LogP contribution in [0.2, 0.25) is 0 Å². The van der Waals surface area contributed by atoms with Crippen molar-refractivity contribution in [2.24, 2.45) is 0 Å². The van der Waals surface area contributed by atoms with E-state index in [9.17, 15) is 9.90 Å². The topological polar surface area (TPSA) is 60.8 Å². The van der Waals surface area contributed by atoms with Crippen LogP contribution in [-0.2, 0) is 4.79 Å². The van der Waals surface area contributed by atoms with Crippen molar-refractivity contribution in [3.8, 4) is 0 Å². The van der Waals surface area contributed by atoms with Crippen LogP contribution >= 0.6 is 15.9 Å². The van der Waals surface area contributed by atoms with Crippen molar-refractivity contribution in [2.75, 3.05) is 7.05 Å². The highest BCUT2D eigenvalue weighted by Gasteiger charge is 2.23. The third kappa shape index (κ3) is 1.67. The number of nitrogens with zero attached hydrogens (tertiary/aromatic N) is 1. The molecule has 1 heterocycles. The Kier molecular flexibility index (Phi) is 2.54. The minimum Gasteiger partial charge on any atom is -0.478 e. The van der Waals surface area contributed by atoms with E-state index in [0.717, 1.165) is 0 Å². The second-order valence-corrected chi connectivity index (χ2v) is 3.37. The van der Waals surface area contributed by atoms with Crippen molar-refractivity contribution < 1.29 is 15.0 Å². The van der Waals surface area contributed by atoms with Crippen molar-refractivity contribution >= 4 is 21.9 Å². The predicted octanol–water partition coefficient (Wildman–Crippen LogP) is 0.498. The Hall–Kier alpha value is -0.810.